The molecule has 2 aromatic rings. The fourth-order valence-electron chi connectivity index (χ4n) is 1.76. The summed E-state index contributed by atoms with van der Waals surface area (Å²) in [6.07, 6.45) is 0. The zero-order valence-electron chi connectivity index (χ0n) is 11.0. The second-order valence-electron chi connectivity index (χ2n) is 4.16. The van der Waals surface area contributed by atoms with Crippen molar-refractivity contribution in [2.75, 3.05) is 7.11 Å². The molecule has 0 bridgehead atoms. The second-order valence-corrected chi connectivity index (χ2v) is 4.16. The Bertz CT molecular complexity index is 567. The highest BCUT2D eigenvalue weighted by atomic mass is 16.8. The molecule has 0 aliphatic carbocycles. The molecule has 0 radical (unpaired) electrons. The van der Waals surface area contributed by atoms with Gasteiger partial charge in [0.15, 0.2) is 7.11 Å². The van der Waals surface area contributed by atoms with Gasteiger partial charge in [0.05, 0.1) is 4.91 Å². The predicted octanol–water partition coefficient (Wildman–Crippen LogP) is 3.55. The van der Waals surface area contributed by atoms with Crippen LogP contribution < -0.4 is 4.74 Å². The molecular weight excluding hydrogens is 242 g/mol. The summed E-state index contributed by atoms with van der Waals surface area (Å²) in [6.45, 7) is 2.35. The summed E-state index contributed by atoms with van der Waals surface area (Å²) in [7, 11) is 1.34. The molecule has 2 rings (SSSR count). The van der Waals surface area contributed by atoms with Crippen molar-refractivity contribution in [3.63, 3.8) is 0 Å². The van der Waals surface area contributed by atoms with Gasteiger partial charge in [-0.1, -0.05) is 30.3 Å². The van der Waals surface area contributed by atoms with Crippen molar-refractivity contribution in [1.82, 2.24) is 0 Å². The molecule has 0 amide bonds. The van der Waals surface area contributed by atoms with Gasteiger partial charge in [0.1, 0.15) is 12.4 Å². The molecule has 0 aliphatic rings. The number of aryl methyl sites for hydroxylation is 1. The monoisotopic (exact) mass is 258 g/mol. The van der Waals surface area contributed by atoms with Crippen LogP contribution in [-0.4, -0.2) is 12.0 Å². The van der Waals surface area contributed by atoms with Crippen molar-refractivity contribution in [1.29, 1.82) is 0 Å². The van der Waals surface area contributed by atoms with Crippen LogP contribution in [0, 0.1) is 11.8 Å². The number of hydrogen-bond acceptors (Lipinski definition) is 3. The SMILES string of the molecule is CO[N+](=O)c1ccc(OCc2ccccc2)cc1C. The molecule has 98 valence electrons. The van der Waals surface area contributed by atoms with Crippen molar-refractivity contribution < 1.29 is 14.5 Å². The lowest BCUT2D eigenvalue weighted by Crippen LogP contribution is -2.01. The smallest absolute Gasteiger partial charge is 0.319 e. The molecule has 4 nitrogen and oxygen atoms in total. The topological polar surface area (TPSA) is 38.5 Å². The summed E-state index contributed by atoms with van der Waals surface area (Å²) in [6, 6.07) is 15.2. The quantitative estimate of drug-likeness (QED) is 0.770. The van der Waals surface area contributed by atoms with E-state index in [0.29, 0.717) is 17.2 Å². The van der Waals surface area contributed by atoms with Gasteiger partial charge < -0.3 is 4.74 Å². The maximum Gasteiger partial charge on any atom is 0.319 e. The van der Waals surface area contributed by atoms with Crippen molar-refractivity contribution in [2.45, 2.75) is 13.5 Å². The van der Waals surface area contributed by atoms with E-state index in [1.165, 1.54) is 7.11 Å². The van der Waals surface area contributed by atoms with Crippen molar-refractivity contribution in [2.24, 2.45) is 0 Å². The lowest BCUT2D eigenvalue weighted by molar-refractivity contribution is -0.737. The first kappa shape index (κ1) is 13.1. The maximum atomic E-state index is 11.4. The lowest BCUT2D eigenvalue weighted by Gasteiger charge is -2.06. The largest absolute Gasteiger partial charge is 0.489 e. The van der Waals surface area contributed by atoms with E-state index in [4.69, 9.17) is 4.74 Å². The molecule has 2 aromatic carbocycles. The number of hydrogen-bond donors (Lipinski definition) is 0. The Labute approximate surface area is 112 Å². The first-order valence-electron chi connectivity index (χ1n) is 5.99. The Morgan fingerprint density at radius 3 is 2.47 bits per heavy atom. The molecule has 0 saturated heterocycles. The second kappa shape index (κ2) is 6.00. The summed E-state index contributed by atoms with van der Waals surface area (Å²) < 4.78 is 5.68. The van der Waals surface area contributed by atoms with Gasteiger partial charge >= 0.3 is 5.69 Å². The summed E-state index contributed by atoms with van der Waals surface area (Å²) in [5, 5.41) is 0. The Hall–Kier alpha value is -2.36. The van der Waals surface area contributed by atoms with E-state index in [-0.39, 0.29) is 0 Å². The first-order chi connectivity index (χ1) is 9.20. The number of nitrogens with zero attached hydrogens (tertiary/aromatic N) is 1. The minimum atomic E-state index is 0.481. The Morgan fingerprint density at radius 2 is 1.84 bits per heavy atom. The molecule has 0 N–H and O–H groups in total. The highest BCUT2D eigenvalue weighted by Crippen LogP contribution is 2.24. The van der Waals surface area contributed by atoms with Crippen molar-refractivity contribution in [3.8, 4) is 5.75 Å². The fourth-order valence-corrected chi connectivity index (χ4v) is 1.76. The highest BCUT2D eigenvalue weighted by Gasteiger charge is 2.18. The van der Waals surface area contributed by atoms with E-state index < -0.39 is 0 Å². The van der Waals surface area contributed by atoms with Gasteiger partial charge in [-0.25, -0.2) is 4.84 Å². The molecule has 0 spiro atoms. The summed E-state index contributed by atoms with van der Waals surface area (Å²) >= 11 is 0. The average Bonchev–Trinajstić information content (AvgIpc) is 2.45. The zero-order valence-corrected chi connectivity index (χ0v) is 11.0. The molecule has 0 atom stereocenters. The molecule has 19 heavy (non-hydrogen) atoms. The Morgan fingerprint density at radius 1 is 1.11 bits per heavy atom. The standard InChI is InChI=1S/C15H16NO3/c1-12-10-14(8-9-15(12)16(17)18-2)19-11-13-6-4-3-5-7-13/h3-10H,11H2,1-2H3/q+1. The van der Waals surface area contributed by atoms with Crippen LogP contribution in [0.5, 0.6) is 5.75 Å². The molecule has 0 saturated carbocycles. The molecule has 0 aliphatic heterocycles. The van der Waals surface area contributed by atoms with Crippen LogP contribution in [-0.2, 0) is 11.4 Å². The van der Waals surface area contributed by atoms with Crippen LogP contribution in [0.3, 0.4) is 0 Å². The van der Waals surface area contributed by atoms with Crippen LogP contribution in [0.1, 0.15) is 11.1 Å². The summed E-state index contributed by atoms with van der Waals surface area (Å²) in [5.74, 6) is 0.731. The first-order valence-corrected chi connectivity index (χ1v) is 5.99. The molecule has 0 fully saturated rings. The van der Waals surface area contributed by atoms with E-state index in [9.17, 15) is 4.91 Å². The summed E-state index contributed by atoms with van der Waals surface area (Å²) in [5.41, 5.74) is 2.39. The minimum absolute atomic E-state index is 0.481. The van der Waals surface area contributed by atoms with Gasteiger partial charge in [-0.2, -0.15) is 0 Å². The average molecular weight is 258 g/mol. The number of rotatable bonds is 5. The summed E-state index contributed by atoms with van der Waals surface area (Å²) in [4.78, 5) is 16.5. The lowest BCUT2D eigenvalue weighted by atomic mass is 10.2. The van der Waals surface area contributed by atoms with Crippen molar-refractivity contribution in [3.05, 3.63) is 64.6 Å². The van der Waals surface area contributed by atoms with Crippen LogP contribution in [0.4, 0.5) is 5.69 Å². The van der Waals surface area contributed by atoms with Gasteiger partial charge in [-0.05, 0) is 24.6 Å². The molecule has 0 unspecified atom stereocenters. The van der Waals surface area contributed by atoms with Crippen LogP contribution in [0.2, 0.25) is 0 Å². The number of benzene rings is 2. The highest BCUT2D eigenvalue weighted by molar-refractivity contribution is 5.43. The Kier molecular flexibility index (Phi) is 4.13. The van der Waals surface area contributed by atoms with Crippen LogP contribution in [0.25, 0.3) is 0 Å². The Balaban J connectivity index is 2.06. The third-order valence-corrected chi connectivity index (χ3v) is 2.78. The van der Waals surface area contributed by atoms with E-state index in [2.05, 4.69) is 4.84 Å². The molecule has 4 heteroatoms. The predicted molar refractivity (Wildman–Crippen MR) is 72.2 cm³/mol. The third kappa shape index (κ3) is 3.31. The van der Waals surface area contributed by atoms with E-state index in [1.54, 1.807) is 12.1 Å². The molecule has 0 heterocycles. The maximum absolute atomic E-state index is 11.4. The van der Waals surface area contributed by atoms with Gasteiger partial charge in [0.25, 0.3) is 4.92 Å². The normalized spacial score (nSPS) is 10.0. The van der Waals surface area contributed by atoms with E-state index in [0.717, 1.165) is 16.9 Å². The molecule has 0 aromatic heterocycles. The zero-order chi connectivity index (χ0) is 13.7. The van der Waals surface area contributed by atoms with Crippen LogP contribution >= 0.6 is 0 Å². The van der Waals surface area contributed by atoms with E-state index >= 15 is 0 Å². The minimum Gasteiger partial charge on any atom is -0.489 e. The van der Waals surface area contributed by atoms with Gasteiger partial charge in [0, 0.05) is 11.6 Å². The van der Waals surface area contributed by atoms with E-state index in [1.807, 2.05) is 43.3 Å². The van der Waals surface area contributed by atoms with Crippen LogP contribution in [0.15, 0.2) is 48.5 Å². The van der Waals surface area contributed by atoms with Gasteiger partial charge in [0.2, 0.25) is 0 Å². The molecular formula is C15H16NO3+. The fraction of sp³-hybridized carbons (Fsp3) is 0.200. The number of ether oxygens (including phenoxy) is 1. The van der Waals surface area contributed by atoms with Crippen molar-refractivity contribution >= 4 is 5.69 Å². The van der Waals surface area contributed by atoms with Gasteiger partial charge in [-0.3, -0.25) is 0 Å². The third-order valence-electron chi connectivity index (χ3n) is 2.78. The van der Waals surface area contributed by atoms with Gasteiger partial charge in [-0.15, -0.1) is 0 Å².